The van der Waals surface area contributed by atoms with Crippen molar-refractivity contribution in [1.82, 2.24) is 0 Å². The Hall–Kier alpha value is -2.36. The molecule has 0 heterocycles. The van der Waals surface area contributed by atoms with E-state index in [1.54, 1.807) is 50.4 Å². The quantitative estimate of drug-likeness (QED) is 0.901. The number of halogens is 1. The number of aliphatic carboxylic acids is 1. The average molecular weight is 288 g/mol. The molecule has 0 fully saturated rings. The zero-order valence-corrected chi connectivity index (χ0v) is 12.0. The van der Waals surface area contributed by atoms with Gasteiger partial charge >= 0.3 is 5.97 Å². The fraction of sp³-hybridized carbons (Fsp3) is 0.235. The lowest BCUT2D eigenvalue weighted by atomic mass is 9.94. The molecule has 2 aromatic rings. The van der Waals surface area contributed by atoms with Gasteiger partial charge in [-0.2, -0.15) is 0 Å². The summed E-state index contributed by atoms with van der Waals surface area (Å²) in [5, 5.41) is 9.13. The van der Waals surface area contributed by atoms with Gasteiger partial charge in [0.05, 0.1) is 13.0 Å². The summed E-state index contributed by atoms with van der Waals surface area (Å²) in [5.74, 6) is -1.40. The fourth-order valence-electron chi connectivity index (χ4n) is 2.33. The number of methoxy groups -OCH3 is 1. The minimum Gasteiger partial charge on any atom is -0.497 e. The van der Waals surface area contributed by atoms with Crippen molar-refractivity contribution in [3.63, 3.8) is 0 Å². The van der Waals surface area contributed by atoms with Gasteiger partial charge in [-0.15, -0.1) is 0 Å². The predicted molar refractivity (Wildman–Crippen MR) is 79.1 cm³/mol. The molecule has 0 amide bonds. The largest absolute Gasteiger partial charge is 0.497 e. The maximum absolute atomic E-state index is 14.3. The Morgan fingerprint density at radius 2 is 2.05 bits per heavy atom. The molecule has 0 aliphatic heterocycles. The van der Waals surface area contributed by atoms with Gasteiger partial charge in [0, 0.05) is 5.56 Å². The van der Waals surface area contributed by atoms with Crippen LogP contribution in [0.2, 0.25) is 0 Å². The third-order valence-corrected chi connectivity index (χ3v) is 3.48. The number of carbonyl (C=O) groups is 1. The second kappa shape index (κ2) is 6.39. The highest BCUT2D eigenvalue weighted by molar-refractivity contribution is 5.76. The first kappa shape index (κ1) is 15.0. The predicted octanol–water partition coefficient (Wildman–Crippen LogP) is 4.08. The molecule has 0 radical (unpaired) electrons. The molecule has 0 saturated carbocycles. The van der Waals surface area contributed by atoms with E-state index in [-0.39, 0.29) is 0 Å². The highest BCUT2D eigenvalue weighted by atomic mass is 19.1. The van der Waals surface area contributed by atoms with Gasteiger partial charge in [-0.1, -0.05) is 31.2 Å². The van der Waals surface area contributed by atoms with Crippen LogP contribution in [0.1, 0.15) is 24.8 Å². The maximum Gasteiger partial charge on any atom is 0.310 e. The number of benzene rings is 2. The summed E-state index contributed by atoms with van der Waals surface area (Å²) in [6.07, 6.45) is 0.424. The van der Waals surface area contributed by atoms with Crippen LogP contribution in [0.3, 0.4) is 0 Å². The molecule has 110 valence electrons. The van der Waals surface area contributed by atoms with Crippen molar-refractivity contribution >= 4 is 5.97 Å². The molecule has 1 unspecified atom stereocenters. The highest BCUT2D eigenvalue weighted by Crippen LogP contribution is 2.29. The summed E-state index contributed by atoms with van der Waals surface area (Å²) in [7, 11) is 1.55. The first-order valence-electron chi connectivity index (χ1n) is 6.73. The molecule has 0 aromatic heterocycles. The van der Waals surface area contributed by atoms with Gasteiger partial charge in [0.2, 0.25) is 0 Å². The van der Waals surface area contributed by atoms with Crippen LogP contribution in [0.15, 0.2) is 42.5 Å². The topological polar surface area (TPSA) is 46.5 Å². The molecule has 1 N–H and O–H groups in total. The molecule has 0 saturated heterocycles. The SMILES string of the molecule is CCC(C(=O)O)c1ccc(-c2cccc(OC)c2)c(F)c1. The van der Waals surface area contributed by atoms with Crippen molar-refractivity contribution in [2.75, 3.05) is 7.11 Å². The van der Waals surface area contributed by atoms with Crippen LogP contribution >= 0.6 is 0 Å². The van der Waals surface area contributed by atoms with Crippen molar-refractivity contribution < 1.29 is 19.0 Å². The van der Waals surface area contributed by atoms with Crippen molar-refractivity contribution in [2.24, 2.45) is 0 Å². The average Bonchev–Trinajstić information content (AvgIpc) is 2.48. The summed E-state index contributed by atoms with van der Waals surface area (Å²) in [6.45, 7) is 1.77. The van der Waals surface area contributed by atoms with Gasteiger partial charge in [-0.3, -0.25) is 4.79 Å². The van der Waals surface area contributed by atoms with Gasteiger partial charge in [-0.05, 0) is 35.7 Å². The summed E-state index contributed by atoms with van der Waals surface area (Å²) in [5.41, 5.74) is 1.61. The Morgan fingerprint density at radius 1 is 1.29 bits per heavy atom. The number of ether oxygens (including phenoxy) is 1. The van der Waals surface area contributed by atoms with Crippen LogP contribution in [0.5, 0.6) is 5.75 Å². The van der Waals surface area contributed by atoms with E-state index in [4.69, 9.17) is 9.84 Å². The Kier molecular flexibility index (Phi) is 4.58. The molecule has 4 heteroatoms. The van der Waals surface area contributed by atoms with Crippen molar-refractivity contribution in [3.8, 4) is 16.9 Å². The first-order valence-corrected chi connectivity index (χ1v) is 6.73. The summed E-state index contributed by atoms with van der Waals surface area (Å²) in [4.78, 5) is 11.1. The smallest absolute Gasteiger partial charge is 0.310 e. The van der Waals surface area contributed by atoms with E-state index in [0.29, 0.717) is 28.9 Å². The van der Waals surface area contributed by atoms with E-state index in [9.17, 15) is 9.18 Å². The van der Waals surface area contributed by atoms with E-state index in [0.717, 1.165) is 0 Å². The number of carboxylic acid groups (broad SMARTS) is 1. The monoisotopic (exact) mass is 288 g/mol. The summed E-state index contributed by atoms with van der Waals surface area (Å²) < 4.78 is 19.4. The lowest BCUT2D eigenvalue weighted by molar-refractivity contribution is -0.138. The molecule has 0 spiro atoms. The minimum atomic E-state index is -0.939. The van der Waals surface area contributed by atoms with Gasteiger partial charge in [0.15, 0.2) is 0 Å². The molecular weight excluding hydrogens is 271 g/mol. The molecule has 0 aliphatic rings. The van der Waals surface area contributed by atoms with Crippen molar-refractivity contribution in [3.05, 3.63) is 53.8 Å². The second-order valence-corrected chi connectivity index (χ2v) is 4.77. The van der Waals surface area contributed by atoms with Crippen LogP contribution in [0, 0.1) is 5.82 Å². The molecule has 0 aliphatic carbocycles. The Balaban J connectivity index is 2.41. The van der Waals surface area contributed by atoms with Gasteiger partial charge in [0.1, 0.15) is 11.6 Å². The molecule has 21 heavy (non-hydrogen) atoms. The summed E-state index contributed by atoms with van der Waals surface area (Å²) in [6, 6.07) is 11.7. The molecule has 1 atom stereocenters. The Morgan fingerprint density at radius 3 is 2.62 bits per heavy atom. The summed E-state index contributed by atoms with van der Waals surface area (Å²) >= 11 is 0. The van der Waals surface area contributed by atoms with Gasteiger partial charge in [-0.25, -0.2) is 4.39 Å². The third-order valence-electron chi connectivity index (χ3n) is 3.48. The van der Waals surface area contributed by atoms with E-state index in [1.165, 1.54) is 6.07 Å². The Bertz CT molecular complexity index is 652. The number of hydrogen-bond donors (Lipinski definition) is 1. The van der Waals surface area contributed by atoms with Gasteiger partial charge in [0.25, 0.3) is 0 Å². The van der Waals surface area contributed by atoms with E-state index < -0.39 is 17.7 Å². The molecule has 2 rings (SSSR count). The molecule has 3 nitrogen and oxygen atoms in total. The van der Waals surface area contributed by atoms with Crippen molar-refractivity contribution in [1.29, 1.82) is 0 Å². The standard InChI is InChI=1S/C17H17FO3/c1-3-14(17(19)20)12-7-8-15(16(18)10-12)11-5-4-6-13(9-11)21-2/h4-10,14H,3H2,1-2H3,(H,19,20). The molecule has 2 aromatic carbocycles. The first-order chi connectivity index (χ1) is 10.1. The lowest BCUT2D eigenvalue weighted by Gasteiger charge is -2.12. The fourth-order valence-corrected chi connectivity index (χ4v) is 2.33. The number of hydrogen-bond acceptors (Lipinski definition) is 2. The normalized spacial score (nSPS) is 12.0. The van der Waals surface area contributed by atoms with E-state index >= 15 is 0 Å². The highest BCUT2D eigenvalue weighted by Gasteiger charge is 2.19. The molecular formula is C17H17FO3. The zero-order chi connectivity index (χ0) is 15.4. The van der Waals surface area contributed by atoms with E-state index in [2.05, 4.69) is 0 Å². The van der Waals surface area contributed by atoms with Gasteiger partial charge < -0.3 is 9.84 Å². The zero-order valence-electron chi connectivity index (χ0n) is 12.0. The molecule has 0 bridgehead atoms. The Labute approximate surface area is 123 Å². The van der Waals surface area contributed by atoms with Crippen LogP contribution in [0.4, 0.5) is 4.39 Å². The number of carboxylic acids is 1. The van der Waals surface area contributed by atoms with Crippen LogP contribution < -0.4 is 4.74 Å². The van der Waals surface area contributed by atoms with E-state index in [1.807, 2.05) is 0 Å². The van der Waals surface area contributed by atoms with Crippen molar-refractivity contribution in [2.45, 2.75) is 19.3 Å². The minimum absolute atomic E-state index is 0.424. The maximum atomic E-state index is 14.3. The number of rotatable bonds is 5. The third kappa shape index (κ3) is 3.21. The lowest BCUT2D eigenvalue weighted by Crippen LogP contribution is -2.10. The second-order valence-electron chi connectivity index (χ2n) is 4.77. The van der Waals surface area contributed by atoms with Crippen LogP contribution in [0.25, 0.3) is 11.1 Å². The van der Waals surface area contributed by atoms with Crippen LogP contribution in [-0.4, -0.2) is 18.2 Å². The van der Waals surface area contributed by atoms with Crippen LogP contribution in [-0.2, 0) is 4.79 Å².